The van der Waals surface area contributed by atoms with Gasteiger partial charge in [-0.2, -0.15) is 0 Å². The van der Waals surface area contributed by atoms with Crippen LogP contribution in [-0.4, -0.2) is 42.9 Å². The molecule has 1 saturated heterocycles. The van der Waals surface area contributed by atoms with E-state index in [1.165, 1.54) is 6.42 Å². The lowest BCUT2D eigenvalue weighted by Crippen LogP contribution is -2.38. The second-order valence-electron chi connectivity index (χ2n) is 4.70. The van der Waals surface area contributed by atoms with E-state index in [2.05, 4.69) is 17.1 Å². The summed E-state index contributed by atoms with van der Waals surface area (Å²) in [6, 6.07) is 6.34. The number of hydrogen-bond donors (Lipinski definition) is 1. The van der Waals surface area contributed by atoms with Crippen LogP contribution in [0, 0.1) is 0 Å². The van der Waals surface area contributed by atoms with Crippen LogP contribution in [0.3, 0.4) is 0 Å². The number of nitrogens with zero attached hydrogens (tertiary/aromatic N) is 1. The first-order chi connectivity index (χ1) is 9.20. The van der Waals surface area contributed by atoms with Gasteiger partial charge in [-0.3, -0.25) is 4.90 Å². The van der Waals surface area contributed by atoms with Gasteiger partial charge in [-0.1, -0.05) is 30.1 Å². The normalized spacial score (nSPS) is 19.3. The van der Waals surface area contributed by atoms with Gasteiger partial charge in [-0.05, 0) is 37.7 Å². The Kier molecular flexibility index (Phi) is 6.30. The standard InChI is InChI=1S/C14H20Cl2N2S/c1-2-18(12-5-6-17-10-12)7-8-19-14-9-11(15)3-4-13(14)16/h3-4,9,12,17H,2,5-8,10H2,1H3. The van der Waals surface area contributed by atoms with Gasteiger partial charge in [-0.25, -0.2) is 0 Å². The molecule has 1 unspecified atom stereocenters. The Hall–Kier alpha value is 0.0700. The second-order valence-corrected chi connectivity index (χ2v) is 6.68. The molecule has 2 nitrogen and oxygen atoms in total. The van der Waals surface area contributed by atoms with E-state index in [-0.39, 0.29) is 0 Å². The predicted octanol–water partition coefficient (Wildman–Crippen LogP) is 3.77. The summed E-state index contributed by atoms with van der Waals surface area (Å²) in [5.41, 5.74) is 0. The van der Waals surface area contributed by atoms with Crippen molar-refractivity contribution in [3.8, 4) is 0 Å². The van der Waals surface area contributed by atoms with Gasteiger partial charge < -0.3 is 5.32 Å². The average molecular weight is 319 g/mol. The lowest BCUT2D eigenvalue weighted by molar-refractivity contribution is 0.233. The molecule has 106 valence electrons. The molecule has 0 spiro atoms. The minimum Gasteiger partial charge on any atom is -0.315 e. The molecule has 1 heterocycles. The topological polar surface area (TPSA) is 15.3 Å². The number of halogens is 2. The number of hydrogen-bond acceptors (Lipinski definition) is 3. The van der Waals surface area contributed by atoms with Crippen LogP contribution in [0.1, 0.15) is 13.3 Å². The molecule has 19 heavy (non-hydrogen) atoms. The Morgan fingerprint density at radius 1 is 1.42 bits per heavy atom. The Morgan fingerprint density at radius 2 is 2.26 bits per heavy atom. The summed E-state index contributed by atoms with van der Waals surface area (Å²) < 4.78 is 0. The van der Waals surface area contributed by atoms with E-state index in [0.717, 1.165) is 46.9 Å². The van der Waals surface area contributed by atoms with Gasteiger partial charge in [0.25, 0.3) is 0 Å². The quantitative estimate of drug-likeness (QED) is 0.804. The van der Waals surface area contributed by atoms with Gasteiger partial charge in [0, 0.05) is 34.8 Å². The highest BCUT2D eigenvalue weighted by molar-refractivity contribution is 7.99. The zero-order valence-electron chi connectivity index (χ0n) is 11.2. The monoisotopic (exact) mass is 318 g/mol. The van der Waals surface area contributed by atoms with Crippen molar-refractivity contribution < 1.29 is 0 Å². The first kappa shape index (κ1) is 15.5. The van der Waals surface area contributed by atoms with Crippen LogP contribution in [0.15, 0.2) is 23.1 Å². The number of likely N-dealkylation sites (N-methyl/N-ethyl adjacent to an activating group) is 1. The molecule has 1 atom stereocenters. The highest BCUT2D eigenvalue weighted by Crippen LogP contribution is 2.29. The molecule has 2 rings (SSSR count). The molecule has 1 aromatic rings. The van der Waals surface area contributed by atoms with Crippen molar-refractivity contribution in [3.05, 3.63) is 28.2 Å². The summed E-state index contributed by atoms with van der Waals surface area (Å²) in [5, 5.41) is 4.97. The van der Waals surface area contributed by atoms with Crippen LogP contribution in [0.25, 0.3) is 0 Å². The van der Waals surface area contributed by atoms with E-state index in [9.17, 15) is 0 Å². The molecule has 1 aliphatic heterocycles. The largest absolute Gasteiger partial charge is 0.315 e. The minimum atomic E-state index is 0.695. The summed E-state index contributed by atoms with van der Waals surface area (Å²) in [6.07, 6.45) is 1.26. The van der Waals surface area contributed by atoms with E-state index in [0.29, 0.717) is 6.04 Å². The van der Waals surface area contributed by atoms with Crippen molar-refractivity contribution in [1.29, 1.82) is 0 Å². The van der Waals surface area contributed by atoms with Crippen molar-refractivity contribution in [1.82, 2.24) is 10.2 Å². The Labute approximate surface area is 129 Å². The van der Waals surface area contributed by atoms with Crippen molar-refractivity contribution in [2.45, 2.75) is 24.3 Å². The Bertz CT molecular complexity index is 408. The molecule has 0 aliphatic carbocycles. The van der Waals surface area contributed by atoms with Crippen LogP contribution in [-0.2, 0) is 0 Å². The summed E-state index contributed by atoms with van der Waals surface area (Å²) in [6.45, 7) is 6.70. The third kappa shape index (κ3) is 4.54. The number of benzene rings is 1. The minimum absolute atomic E-state index is 0.695. The van der Waals surface area contributed by atoms with Crippen LogP contribution in [0.4, 0.5) is 0 Å². The molecule has 1 aromatic carbocycles. The fourth-order valence-corrected chi connectivity index (χ4v) is 3.89. The van der Waals surface area contributed by atoms with Gasteiger partial charge >= 0.3 is 0 Å². The molecule has 5 heteroatoms. The molecule has 0 aromatic heterocycles. The summed E-state index contributed by atoms with van der Waals surface area (Å²) in [5.74, 6) is 1.05. The molecule has 1 N–H and O–H groups in total. The summed E-state index contributed by atoms with van der Waals surface area (Å²) in [7, 11) is 0. The molecule has 1 fully saturated rings. The molecular formula is C14H20Cl2N2S. The fraction of sp³-hybridized carbons (Fsp3) is 0.571. The lowest BCUT2D eigenvalue weighted by atomic mass is 10.2. The maximum Gasteiger partial charge on any atom is 0.0542 e. The van der Waals surface area contributed by atoms with E-state index >= 15 is 0 Å². The van der Waals surface area contributed by atoms with Crippen LogP contribution >= 0.6 is 35.0 Å². The third-order valence-corrected chi connectivity index (χ3v) is 5.20. The van der Waals surface area contributed by atoms with Crippen LogP contribution in [0.2, 0.25) is 10.0 Å². The summed E-state index contributed by atoms with van der Waals surface area (Å²) >= 11 is 14.0. The third-order valence-electron chi connectivity index (χ3n) is 3.49. The fourth-order valence-electron chi connectivity index (χ4n) is 2.41. The van der Waals surface area contributed by atoms with Crippen LogP contribution < -0.4 is 5.32 Å². The zero-order valence-corrected chi connectivity index (χ0v) is 13.5. The lowest BCUT2D eigenvalue weighted by Gasteiger charge is -2.26. The zero-order chi connectivity index (χ0) is 13.7. The first-order valence-electron chi connectivity index (χ1n) is 6.73. The average Bonchev–Trinajstić information content (AvgIpc) is 2.92. The molecular weight excluding hydrogens is 299 g/mol. The first-order valence-corrected chi connectivity index (χ1v) is 8.47. The van der Waals surface area contributed by atoms with Crippen molar-refractivity contribution >= 4 is 35.0 Å². The smallest absolute Gasteiger partial charge is 0.0542 e. The Morgan fingerprint density at radius 3 is 2.95 bits per heavy atom. The summed E-state index contributed by atoms with van der Waals surface area (Å²) in [4.78, 5) is 3.63. The van der Waals surface area contributed by atoms with E-state index < -0.39 is 0 Å². The number of thioether (sulfide) groups is 1. The molecule has 0 saturated carbocycles. The van der Waals surface area contributed by atoms with E-state index in [4.69, 9.17) is 23.2 Å². The van der Waals surface area contributed by atoms with Crippen molar-refractivity contribution in [3.63, 3.8) is 0 Å². The highest BCUT2D eigenvalue weighted by Gasteiger charge is 2.20. The van der Waals surface area contributed by atoms with Crippen molar-refractivity contribution in [2.24, 2.45) is 0 Å². The predicted molar refractivity (Wildman–Crippen MR) is 85.7 cm³/mol. The van der Waals surface area contributed by atoms with Crippen LogP contribution in [0.5, 0.6) is 0 Å². The molecule has 0 amide bonds. The second kappa shape index (κ2) is 7.75. The van der Waals surface area contributed by atoms with Gasteiger partial charge in [0.2, 0.25) is 0 Å². The molecule has 1 aliphatic rings. The highest BCUT2D eigenvalue weighted by atomic mass is 35.5. The molecule has 0 bridgehead atoms. The van der Waals surface area contributed by atoms with Gasteiger partial charge in [0.15, 0.2) is 0 Å². The maximum absolute atomic E-state index is 6.17. The maximum atomic E-state index is 6.17. The Balaban J connectivity index is 1.83. The van der Waals surface area contributed by atoms with E-state index in [1.54, 1.807) is 11.8 Å². The SMILES string of the molecule is CCN(CCSc1cc(Cl)ccc1Cl)C1CCNC1. The number of rotatable bonds is 6. The molecule has 0 radical (unpaired) electrons. The number of nitrogens with one attached hydrogen (secondary N) is 1. The van der Waals surface area contributed by atoms with Gasteiger partial charge in [-0.15, -0.1) is 11.8 Å². The van der Waals surface area contributed by atoms with E-state index in [1.807, 2.05) is 18.2 Å². The van der Waals surface area contributed by atoms with Gasteiger partial charge in [0.1, 0.15) is 0 Å². The van der Waals surface area contributed by atoms with Gasteiger partial charge in [0.05, 0.1) is 5.02 Å². The van der Waals surface area contributed by atoms with Crippen molar-refractivity contribution in [2.75, 3.05) is 31.9 Å².